The van der Waals surface area contributed by atoms with Crippen molar-refractivity contribution in [2.75, 3.05) is 0 Å². The van der Waals surface area contributed by atoms with Crippen LogP contribution in [0, 0.1) is 0 Å². The molecule has 76 valence electrons. The largest absolute Gasteiger partial charge is 0.361 e. The van der Waals surface area contributed by atoms with Gasteiger partial charge in [-0.05, 0) is 5.56 Å². The molecule has 0 bridgehead atoms. The van der Waals surface area contributed by atoms with Crippen LogP contribution < -0.4 is 5.43 Å². The van der Waals surface area contributed by atoms with Crippen molar-refractivity contribution in [2.24, 2.45) is 0 Å². The van der Waals surface area contributed by atoms with E-state index in [0.717, 1.165) is 11.3 Å². The maximum Gasteiger partial charge on any atom is 0.186 e. The maximum absolute atomic E-state index is 11.5. The van der Waals surface area contributed by atoms with Gasteiger partial charge < -0.3 is 4.98 Å². The molecule has 1 N–H and O–H groups in total. The first-order chi connectivity index (χ1) is 7.31. The molecule has 0 aliphatic heterocycles. The minimum Gasteiger partial charge on any atom is -0.361 e. The number of aromatic amines is 1. The lowest BCUT2D eigenvalue weighted by atomic mass is 10.1. The van der Waals surface area contributed by atoms with Gasteiger partial charge in [0.15, 0.2) is 5.43 Å². The number of benzene rings is 1. The molecule has 0 aliphatic rings. The van der Waals surface area contributed by atoms with E-state index in [9.17, 15) is 4.79 Å². The molecular formula is C12H10ClNO. The van der Waals surface area contributed by atoms with Crippen LogP contribution in [0.2, 0.25) is 0 Å². The average molecular weight is 220 g/mol. The van der Waals surface area contributed by atoms with Crippen LogP contribution in [-0.2, 0) is 5.88 Å². The van der Waals surface area contributed by atoms with E-state index in [1.807, 2.05) is 30.3 Å². The van der Waals surface area contributed by atoms with Crippen molar-refractivity contribution in [1.29, 1.82) is 0 Å². The molecule has 0 saturated carbocycles. The normalized spacial score (nSPS) is 10.2. The van der Waals surface area contributed by atoms with Gasteiger partial charge in [-0.15, -0.1) is 11.6 Å². The molecule has 15 heavy (non-hydrogen) atoms. The Morgan fingerprint density at radius 3 is 2.53 bits per heavy atom. The van der Waals surface area contributed by atoms with E-state index >= 15 is 0 Å². The number of halogens is 1. The van der Waals surface area contributed by atoms with Crippen molar-refractivity contribution in [2.45, 2.75) is 5.88 Å². The topological polar surface area (TPSA) is 32.9 Å². The second-order valence-electron chi connectivity index (χ2n) is 3.24. The van der Waals surface area contributed by atoms with E-state index in [1.165, 1.54) is 0 Å². The second-order valence-corrected chi connectivity index (χ2v) is 3.50. The summed E-state index contributed by atoms with van der Waals surface area (Å²) in [7, 11) is 0. The molecule has 0 radical (unpaired) electrons. The number of H-pyrrole nitrogens is 1. The Bertz CT molecular complexity index is 505. The minimum atomic E-state index is -0.0254. The first-order valence-corrected chi connectivity index (χ1v) is 5.17. The minimum absolute atomic E-state index is 0.0254. The zero-order chi connectivity index (χ0) is 10.7. The maximum atomic E-state index is 11.5. The SMILES string of the molecule is O=c1cc(-c2ccccc2)[nH]cc1CCl. The molecule has 2 aromatic rings. The summed E-state index contributed by atoms with van der Waals surface area (Å²) in [5.41, 5.74) is 2.38. The lowest BCUT2D eigenvalue weighted by Crippen LogP contribution is -2.06. The molecule has 1 heterocycles. The van der Waals surface area contributed by atoms with Crippen molar-refractivity contribution in [3.8, 4) is 11.3 Å². The van der Waals surface area contributed by atoms with Gasteiger partial charge in [-0.2, -0.15) is 0 Å². The van der Waals surface area contributed by atoms with E-state index in [4.69, 9.17) is 11.6 Å². The van der Waals surface area contributed by atoms with Crippen LogP contribution in [0.5, 0.6) is 0 Å². The number of hydrogen-bond acceptors (Lipinski definition) is 1. The Morgan fingerprint density at radius 1 is 1.20 bits per heavy atom. The van der Waals surface area contributed by atoms with Crippen molar-refractivity contribution >= 4 is 11.6 Å². The van der Waals surface area contributed by atoms with Gasteiger partial charge in [0.25, 0.3) is 0 Å². The van der Waals surface area contributed by atoms with Gasteiger partial charge in [0.05, 0.1) is 5.88 Å². The Balaban J connectivity index is 2.48. The van der Waals surface area contributed by atoms with Crippen molar-refractivity contribution < 1.29 is 0 Å². The van der Waals surface area contributed by atoms with Crippen molar-refractivity contribution in [3.05, 3.63) is 58.4 Å². The van der Waals surface area contributed by atoms with Crippen LogP contribution in [0.15, 0.2) is 47.4 Å². The first-order valence-electron chi connectivity index (χ1n) is 4.64. The van der Waals surface area contributed by atoms with Crippen molar-refractivity contribution in [1.82, 2.24) is 4.98 Å². The summed E-state index contributed by atoms with van der Waals surface area (Å²) in [6, 6.07) is 11.3. The fraction of sp³-hybridized carbons (Fsp3) is 0.0833. The van der Waals surface area contributed by atoms with Crippen LogP contribution in [-0.4, -0.2) is 4.98 Å². The number of pyridine rings is 1. The highest BCUT2D eigenvalue weighted by molar-refractivity contribution is 6.17. The molecule has 0 unspecified atom stereocenters. The molecule has 0 atom stereocenters. The van der Waals surface area contributed by atoms with Gasteiger partial charge in [-0.3, -0.25) is 4.79 Å². The predicted octanol–water partition coefficient (Wildman–Crippen LogP) is 2.78. The molecule has 0 spiro atoms. The van der Waals surface area contributed by atoms with Gasteiger partial charge in [-0.1, -0.05) is 30.3 Å². The molecule has 2 rings (SSSR count). The molecule has 0 saturated heterocycles. The standard InChI is InChI=1S/C12H10ClNO/c13-7-10-8-14-11(6-12(10)15)9-4-2-1-3-5-9/h1-6,8H,7H2,(H,14,15). The fourth-order valence-corrected chi connectivity index (χ4v) is 1.60. The lowest BCUT2D eigenvalue weighted by molar-refractivity contribution is 1.21. The number of nitrogens with one attached hydrogen (secondary N) is 1. The summed E-state index contributed by atoms with van der Waals surface area (Å²) in [5.74, 6) is 0.240. The molecular weight excluding hydrogens is 210 g/mol. The van der Waals surface area contributed by atoms with Crippen LogP contribution in [0.25, 0.3) is 11.3 Å². The highest BCUT2D eigenvalue weighted by atomic mass is 35.5. The number of rotatable bonds is 2. The molecule has 1 aromatic carbocycles. The zero-order valence-electron chi connectivity index (χ0n) is 8.03. The van der Waals surface area contributed by atoms with Gasteiger partial charge in [-0.25, -0.2) is 0 Å². The predicted molar refractivity (Wildman–Crippen MR) is 62.1 cm³/mol. The van der Waals surface area contributed by atoms with E-state index in [1.54, 1.807) is 12.3 Å². The highest BCUT2D eigenvalue weighted by Crippen LogP contribution is 2.14. The smallest absolute Gasteiger partial charge is 0.186 e. The quantitative estimate of drug-likeness (QED) is 0.775. The van der Waals surface area contributed by atoms with E-state index in [0.29, 0.717) is 5.56 Å². The van der Waals surface area contributed by atoms with Crippen LogP contribution in [0.4, 0.5) is 0 Å². The molecule has 2 nitrogen and oxygen atoms in total. The third-order valence-corrected chi connectivity index (χ3v) is 2.51. The Morgan fingerprint density at radius 2 is 1.93 bits per heavy atom. The summed E-state index contributed by atoms with van der Waals surface area (Å²) in [4.78, 5) is 14.6. The summed E-state index contributed by atoms with van der Waals surface area (Å²) >= 11 is 5.61. The lowest BCUT2D eigenvalue weighted by Gasteiger charge is -2.01. The molecule has 1 aromatic heterocycles. The Labute approximate surface area is 92.5 Å². The summed E-state index contributed by atoms with van der Waals surface area (Å²) < 4.78 is 0. The molecule has 0 aliphatic carbocycles. The van der Waals surface area contributed by atoms with Gasteiger partial charge in [0.2, 0.25) is 0 Å². The van der Waals surface area contributed by atoms with Crippen LogP contribution in [0.1, 0.15) is 5.56 Å². The average Bonchev–Trinajstić information content (AvgIpc) is 2.30. The third-order valence-electron chi connectivity index (χ3n) is 2.22. The summed E-state index contributed by atoms with van der Waals surface area (Å²) in [5, 5.41) is 0. The third kappa shape index (κ3) is 2.10. The monoisotopic (exact) mass is 219 g/mol. The first kappa shape index (κ1) is 9.99. The summed E-state index contributed by atoms with van der Waals surface area (Å²) in [6.07, 6.45) is 1.66. The van der Waals surface area contributed by atoms with Gasteiger partial charge in [0.1, 0.15) is 0 Å². The van der Waals surface area contributed by atoms with Crippen LogP contribution in [0.3, 0.4) is 0 Å². The summed E-state index contributed by atoms with van der Waals surface area (Å²) in [6.45, 7) is 0. The van der Waals surface area contributed by atoms with E-state index in [2.05, 4.69) is 4.98 Å². The van der Waals surface area contributed by atoms with Gasteiger partial charge >= 0.3 is 0 Å². The Hall–Kier alpha value is -1.54. The number of aromatic nitrogens is 1. The second kappa shape index (κ2) is 4.32. The number of hydrogen-bond donors (Lipinski definition) is 1. The molecule has 0 amide bonds. The highest BCUT2D eigenvalue weighted by Gasteiger charge is 2.01. The zero-order valence-corrected chi connectivity index (χ0v) is 8.79. The Kier molecular flexibility index (Phi) is 2.88. The number of alkyl halides is 1. The van der Waals surface area contributed by atoms with Crippen molar-refractivity contribution in [3.63, 3.8) is 0 Å². The van der Waals surface area contributed by atoms with E-state index < -0.39 is 0 Å². The van der Waals surface area contributed by atoms with Crippen LogP contribution >= 0.6 is 11.6 Å². The molecule has 3 heteroatoms. The van der Waals surface area contributed by atoms with Gasteiger partial charge in [0, 0.05) is 23.5 Å². The fourth-order valence-electron chi connectivity index (χ4n) is 1.39. The van der Waals surface area contributed by atoms with E-state index in [-0.39, 0.29) is 11.3 Å². The molecule has 0 fully saturated rings.